The molecular weight excluding hydrogens is 418 g/mol. The topological polar surface area (TPSA) is 80.3 Å². The summed E-state index contributed by atoms with van der Waals surface area (Å²) in [6.07, 6.45) is -0.676. The van der Waals surface area contributed by atoms with Gasteiger partial charge >= 0.3 is 0 Å². The van der Waals surface area contributed by atoms with Gasteiger partial charge in [-0.25, -0.2) is 4.98 Å². The van der Waals surface area contributed by atoms with Crippen molar-refractivity contribution in [1.29, 1.82) is 0 Å². The molecule has 8 heteroatoms. The van der Waals surface area contributed by atoms with E-state index in [2.05, 4.69) is 15.6 Å². The van der Waals surface area contributed by atoms with Crippen LogP contribution in [-0.2, 0) is 9.59 Å². The molecule has 30 heavy (non-hydrogen) atoms. The molecule has 156 valence electrons. The number of thiazole rings is 1. The minimum atomic E-state index is -0.676. The smallest absolute Gasteiger partial charge is 0.265 e. The van der Waals surface area contributed by atoms with Gasteiger partial charge in [-0.2, -0.15) is 0 Å². The van der Waals surface area contributed by atoms with E-state index < -0.39 is 6.10 Å². The Balaban J connectivity index is 1.76. The van der Waals surface area contributed by atoms with E-state index in [1.807, 2.05) is 67.6 Å². The normalized spacial score (nSPS) is 11.5. The van der Waals surface area contributed by atoms with Crippen molar-refractivity contribution in [2.24, 2.45) is 0 Å². The van der Waals surface area contributed by atoms with Crippen LogP contribution >= 0.6 is 23.1 Å². The van der Waals surface area contributed by atoms with Crippen LogP contribution in [0.15, 0.2) is 65.0 Å². The van der Waals surface area contributed by atoms with Crippen LogP contribution < -0.4 is 15.4 Å². The summed E-state index contributed by atoms with van der Waals surface area (Å²) in [7, 11) is 0. The molecule has 0 aliphatic heterocycles. The van der Waals surface area contributed by atoms with Gasteiger partial charge in [0.1, 0.15) is 16.4 Å². The van der Waals surface area contributed by atoms with Crippen molar-refractivity contribution in [2.45, 2.75) is 24.3 Å². The Hall–Kier alpha value is -2.84. The highest BCUT2D eigenvalue weighted by atomic mass is 32.2. The number of carbonyl (C=O) groups is 2. The zero-order chi connectivity index (χ0) is 21.3. The molecule has 3 aromatic rings. The molecule has 0 saturated heterocycles. The van der Waals surface area contributed by atoms with Gasteiger partial charge in [-0.05, 0) is 26.0 Å². The molecule has 2 amide bonds. The Labute approximate surface area is 184 Å². The van der Waals surface area contributed by atoms with Crippen molar-refractivity contribution in [3.05, 3.63) is 60.7 Å². The van der Waals surface area contributed by atoms with E-state index in [1.54, 1.807) is 6.92 Å². The van der Waals surface area contributed by atoms with Crippen LogP contribution in [0, 0.1) is 0 Å². The molecule has 0 spiro atoms. The molecule has 0 aliphatic carbocycles. The molecule has 1 unspecified atom stereocenters. The molecule has 1 atom stereocenters. The van der Waals surface area contributed by atoms with Crippen molar-refractivity contribution in [3.63, 3.8) is 0 Å². The molecule has 0 aliphatic rings. The minimum absolute atomic E-state index is 0.0468. The number of hydrogen-bond donors (Lipinski definition) is 2. The average Bonchev–Trinajstić information content (AvgIpc) is 3.16. The molecule has 1 heterocycles. The Morgan fingerprint density at radius 1 is 1.10 bits per heavy atom. The Bertz CT molecular complexity index is 978. The Morgan fingerprint density at radius 2 is 1.77 bits per heavy atom. The Morgan fingerprint density at radius 3 is 2.43 bits per heavy atom. The number of ether oxygens (including phenoxy) is 1. The highest BCUT2D eigenvalue weighted by molar-refractivity contribution is 8.01. The molecule has 1 aromatic heterocycles. The van der Waals surface area contributed by atoms with Crippen LogP contribution in [0.1, 0.15) is 13.8 Å². The fourth-order valence-electron chi connectivity index (χ4n) is 2.58. The molecule has 3 rings (SSSR count). The van der Waals surface area contributed by atoms with Gasteiger partial charge in [0.05, 0.1) is 5.75 Å². The van der Waals surface area contributed by atoms with Gasteiger partial charge in [0.2, 0.25) is 5.91 Å². The zero-order valence-corrected chi connectivity index (χ0v) is 18.4. The fraction of sp³-hybridized carbons (Fsp3) is 0.227. The maximum atomic E-state index is 12.7. The second-order valence-electron chi connectivity index (χ2n) is 6.33. The predicted molar refractivity (Wildman–Crippen MR) is 122 cm³/mol. The van der Waals surface area contributed by atoms with E-state index in [0.717, 1.165) is 5.56 Å². The molecular formula is C22H23N3O3S2. The molecule has 0 radical (unpaired) electrons. The average molecular weight is 442 g/mol. The van der Waals surface area contributed by atoms with Gasteiger partial charge in [0, 0.05) is 12.1 Å². The third-order valence-electron chi connectivity index (χ3n) is 4.02. The van der Waals surface area contributed by atoms with E-state index in [-0.39, 0.29) is 17.6 Å². The van der Waals surface area contributed by atoms with Gasteiger partial charge in [-0.15, -0.1) is 0 Å². The monoisotopic (exact) mass is 441 g/mol. The second-order valence-corrected chi connectivity index (χ2v) is 8.55. The molecule has 0 saturated carbocycles. The van der Waals surface area contributed by atoms with Gasteiger partial charge in [-0.3, -0.25) is 9.59 Å². The van der Waals surface area contributed by atoms with Crippen molar-refractivity contribution in [2.75, 3.05) is 17.6 Å². The molecule has 2 aromatic carbocycles. The number of amides is 2. The molecule has 0 fully saturated rings. The molecule has 6 nitrogen and oxygen atoms in total. The number of carbonyl (C=O) groups excluding carboxylic acids is 2. The summed E-state index contributed by atoms with van der Waals surface area (Å²) in [5.41, 5.74) is 1.57. The number of hydrogen-bond acceptors (Lipinski definition) is 6. The Kier molecular flexibility index (Phi) is 7.87. The van der Waals surface area contributed by atoms with Crippen molar-refractivity contribution in [1.82, 2.24) is 10.3 Å². The van der Waals surface area contributed by atoms with E-state index in [1.165, 1.54) is 23.1 Å². The van der Waals surface area contributed by atoms with E-state index in [4.69, 9.17) is 4.74 Å². The second kappa shape index (κ2) is 10.8. The van der Waals surface area contributed by atoms with Crippen molar-refractivity contribution in [3.8, 4) is 17.0 Å². The minimum Gasteiger partial charge on any atom is -0.481 e. The summed E-state index contributed by atoms with van der Waals surface area (Å²) >= 11 is 2.70. The fourth-order valence-corrected chi connectivity index (χ4v) is 4.48. The largest absolute Gasteiger partial charge is 0.481 e. The summed E-state index contributed by atoms with van der Waals surface area (Å²) < 4.78 is 6.44. The maximum absolute atomic E-state index is 12.7. The van der Waals surface area contributed by atoms with Crippen LogP contribution in [0.3, 0.4) is 0 Å². The van der Waals surface area contributed by atoms with E-state index in [9.17, 15) is 9.59 Å². The van der Waals surface area contributed by atoms with Gasteiger partial charge in [-0.1, -0.05) is 71.6 Å². The number of nitrogens with one attached hydrogen (secondary N) is 2. The van der Waals surface area contributed by atoms with Crippen LogP contribution in [0.25, 0.3) is 11.3 Å². The maximum Gasteiger partial charge on any atom is 0.265 e. The lowest BCUT2D eigenvalue weighted by molar-refractivity contribution is -0.122. The highest BCUT2D eigenvalue weighted by Crippen LogP contribution is 2.37. The number of anilines is 1. The van der Waals surface area contributed by atoms with E-state index in [0.29, 0.717) is 27.3 Å². The third kappa shape index (κ3) is 6.08. The first-order valence-corrected chi connectivity index (χ1v) is 11.4. The first-order valence-electron chi connectivity index (χ1n) is 9.55. The van der Waals surface area contributed by atoms with Crippen molar-refractivity contribution < 1.29 is 14.3 Å². The summed E-state index contributed by atoms with van der Waals surface area (Å²) in [5.74, 6) is 0.594. The molecule has 2 N–H and O–H groups in total. The van der Waals surface area contributed by atoms with Crippen LogP contribution in [0.4, 0.5) is 5.00 Å². The number of benzene rings is 2. The lowest BCUT2D eigenvalue weighted by Crippen LogP contribution is -2.30. The number of aromatic nitrogens is 1. The van der Waals surface area contributed by atoms with E-state index >= 15 is 0 Å². The van der Waals surface area contributed by atoms with Gasteiger partial charge < -0.3 is 15.4 Å². The zero-order valence-electron chi connectivity index (χ0n) is 16.8. The first-order chi connectivity index (χ1) is 14.6. The van der Waals surface area contributed by atoms with Gasteiger partial charge in [0.25, 0.3) is 5.91 Å². The van der Waals surface area contributed by atoms with Crippen LogP contribution in [0.5, 0.6) is 5.75 Å². The standard InChI is InChI=1S/C22H23N3O3S2/c1-3-23-18(26)14-29-22-24-19(16-10-6-4-7-11-16)21(30-22)25-20(27)15(2)28-17-12-8-5-9-13-17/h4-13,15H,3,14H2,1-2H3,(H,23,26)(H,25,27). The van der Waals surface area contributed by atoms with Gasteiger partial charge in [0.15, 0.2) is 10.4 Å². The number of para-hydroxylation sites is 1. The first kappa shape index (κ1) is 21.9. The number of rotatable bonds is 9. The molecule has 0 bridgehead atoms. The quantitative estimate of drug-likeness (QED) is 0.480. The summed E-state index contributed by atoms with van der Waals surface area (Å²) in [6.45, 7) is 4.18. The SMILES string of the molecule is CCNC(=O)CSc1nc(-c2ccccc2)c(NC(=O)C(C)Oc2ccccc2)s1. The highest BCUT2D eigenvalue weighted by Gasteiger charge is 2.20. The third-order valence-corrected chi connectivity index (χ3v) is 6.13. The van der Waals surface area contributed by atoms with Crippen molar-refractivity contribution >= 4 is 39.9 Å². The lowest BCUT2D eigenvalue weighted by Gasteiger charge is -2.14. The predicted octanol–water partition coefficient (Wildman–Crippen LogP) is 4.44. The summed E-state index contributed by atoms with van der Waals surface area (Å²) in [6, 6.07) is 18.9. The summed E-state index contributed by atoms with van der Waals surface area (Å²) in [5, 5.41) is 6.34. The number of nitrogens with zero attached hydrogens (tertiary/aromatic N) is 1. The summed E-state index contributed by atoms with van der Waals surface area (Å²) in [4.78, 5) is 29.2. The van der Waals surface area contributed by atoms with Crippen LogP contribution in [-0.4, -0.2) is 35.2 Å². The lowest BCUT2D eigenvalue weighted by atomic mass is 10.2. The number of thioether (sulfide) groups is 1. The van der Waals surface area contributed by atoms with Crippen LogP contribution in [0.2, 0.25) is 0 Å².